The number of hydrogen-bond donors (Lipinski definition) is 1. The topological polar surface area (TPSA) is 105 Å². The van der Waals surface area contributed by atoms with E-state index in [1.54, 1.807) is 23.1 Å². The van der Waals surface area contributed by atoms with Crippen molar-refractivity contribution >= 4 is 27.5 Å². The lowest BCUT2D eigenvalue weighted by atomic mass is 10.1. The highest BCUT2D eigenvalue weighted by molar-refractivity contribution is 7.92. The Morgan fingerprint density at radius 3 is 2.38 bits per heavy atom. The van der Waals surface area contributed by atoms with Gasteiger partial charge in [-0.2, -0.15) is 0 Å². The van der Waals surface area contributed by atoms with Gasteiger partial charge < -0.3 is 19.7 Å². The molecule has 0 bridgehead atoms. The van der Waals surface area contributed by atoms with E-state index < -0.39 is 16.1 Å². The summed E-state index contributed by atoms with van der Waals surface area (Å²) in [6, 6.07) is 12.3. The zero-order valence-electron chi connectivity index (χ0n) is 23.6. The molecule has 0 radical (unpaired) electrons. The Morgan fingerprint density at radius 1 is 1.03 bits per heavy atom. The molecule has 2 amide bonds. The van der Waals surface area contributed by atoms with Crippen LogP contribution in [0.2, 0.25) is 0 Å². The van der Waals surface area contributed by atoms with E-state index in [0.29, 0.717) is 43.4 Å². The minimum absolute atomic E-state index is 0.00297. The number of nitrogens with zero attached hydrogens (tertiary/aromatic N) is 2. The Hall–Kier alpha value is -3.27. The molecule has 1 aliphatic heterocycles. The number of amides is 2. The summed E-state index contributed by atoms with van der Waals surface area (Å²) in [5.41, 5.74) is 2.46. The number of sulfonamides is 1. The fraction of sp³-hybridized carbons (Fsp3) is 0.517. The summed E-state index contributed by atoms with van der Waals surface area (Å²) in [5, 5.41) is 3.01. The van der Waals surface area contributed by atoms with E-state index in [4.69, 9.17) is 9.47 Å². The van der Waals surface area contributed by atoms with E-state index >= 15 is 0 Å². The molecule has 2 aromatic rings. The van der Waals surface area contributed by atoms with E-state index in [0.717, 1.165) is 23.8 Å². The Morgan fingerprint density at radius 2 is 1.74 bits per heavy atom. The summed E-state index contributed by atoms with van der Waals surface area (Å²) in [5.74, 6) is 0.688. The molecule has 2 aromatic carbocycles. The monoisotopic (exact) mass is 559 g/mol. The van der Waals surface area contributed by atoms with E-state index in [-0.39, 0.29) is 37.2 Å². The van der Waals surface area contributed by atoms with Gasteiger partial charge in [0, 0.05) is 31.6 Å². The highest BCUT2D eigenvalue weighted by Gasteiger charge is 2.29. The van der Waals surface area contributed by atoms with Crippen LogP contribution in [-0.4, -0.2) is 63.2 Å². The van der Waals surface area contributed by atoms with Gasteiger partial charge in [0.25, 0.3) is 0 Å². The highest BCUT2D eigenvalue weighted by Crippen LogP contribution is 2.34. The number of aryl methyl sites for hydroxylation is 1. The van der Waals surface area contributed by atoms with Gasteiger partial charge in [0.05, 0.1) is 11.9 Å². The van der Waals surface area contributed by atoms with Crippen LogP contribution in [0.25, 0.3) is 0 Å². The molecule has 9 nitrogen and oxygen atoms in total. The molecule has 2 atom stereocenters. The fourth-order valence-corrected chi connectivity index (χ4v) is 5.52. The Bertz CT molecular complexity index is 1250. The number of anilines is 1. The molecule has 0 aliphatic carbocycles. The molecule has 214 valence electrons. The number of carbonyl (C=O) groups excluding carboxylic acids is 2. The molecular weight excluding hydrogens is 518 g/mol. The zero-order valence-corrected chi connectivity index (χ0v) is 24.4. The average Bonchev–Trinajstić information content (AvgIpc) is 2.89. The molecule has 0 saturated carbocycles. The van der Waals surface area contributed by atoms with Gasteiger partial charge in [-0.3, -0.25) is 13.9 Å². The van der Waals surface area contributed by atoms with Crippen molar-refractivity contribution in [3.05, 3.63) is 53.6 Å². The van der Waals surface area contributed by atoms with E-state index in [2.05, 4.69) is 5.32 Å². The standard InChI is InChI=1S/C29H41N3O6S/c1-6-22(4)30-29(34)25(7-2)31(20-23-11-8-10-21(3)18-23)28(33)12-9-15-32(39(5,35)36)24-13-14-26-27(19-24)38-17-16-37-26/h8,10-11,13-14,18-19,22,25H,6-7,9,12,15-17,20H2,1-5H3,(H,30,34)/t22-,25+/m0/s1. The summed E-state index contributed by atoms with van der Waals surface area (Å²) in [4.78, 5) is 28.4. The first-order chi connectivity index (χ1) is 18.5. The number of nitrogens with one attached hydrogen (secondary N) is 1. The first kappa shape index (κ1) is 30.3. The predicted molar refractivity (Wildman–Crippen MR) is 153 cm³/mol. The van der Waals surface area contributed by atoms with Gasteiger partial charge in [0.1, 0.15) is 19.3 Å². The fourth-order valence-electron chi connectivity index (χ4n) is 4.56. The highest BCUT2D eigenvalue weighted by atomic mass is 32.2. The number of rotatable bonds is 13. The number of ether oxygens (including phenoxy) is 2. The largest absolute Gasteiger partial charge is 0.486 e. The lowest BCUT2D eigenvalue weighted by Gasteiger charge is -2.32. The van der Waals surface area contributed by atoms with Crippen molar-refractivity contribution < 1.29 is 27.5 Å². The molecule has 0 aromatic heterocycles. The van der Waals surface area contributed by atoms with E-state index in [9.17, 15) is 18.0 Å². The predicted octanol–water partition coefficient (Wildman–Crippen LogP) is 4.03. The maximum Gasteiger partial charge on any atom is 0.243 e. The molecule has 0 unspecified atom stereocenters. The van der Waals surface area contributed by atoms with Gasteiger partial charge in [0.2, 0.25) is 21.8 Å². The van der Waals surface area contributed by atoms with Crippen LogP contribution in [0.5, 0.6) is 11.5 Å². The number of benzene rings is 2. The van der Waals surface area contributed by atoms with E-state index in [1.807, 2.05) is 52.0 Å². The maximum atomic E-state index is 13.6. The maximum absolute atomic E-state index is 13.6. The van der Waals surface area contributed by atoms with E-state index in [1.165, 1.54) is 4.31 Å². The minimum atomic E-state index is -3.62. The smallest absolute Gasteiger partial charge is 0.243 e. The first-order valence-corrected chi connectivity index (χ1v) is 15.4. The summed E-state index contributed by atoms with van der Waals surface area (Å²) in [7, 11) is -3.62. The van der Waals surface area contributed by atoms with Crippen LogP contribution in [0.15, 0.2) is 42.5 Å². The van der Waals surface area contributed by atoms with Crippen LogP contribution in [-0.2, 0) is 26.2 Å². The van der Waals surface area contributed by atoms with Crippen molar-refractivity contribution in [2.45, 2.75) is 72.0 Å². The molecule has 0 saturated heterocycles. The third kappa shape index (κ3) is 8.36. The zero-order chi connectivity index (χ0) is 28.6. The van der Waals surface area contributed by atoms with Crippen molar-refractivity contribution in [3.8, 4) is 11.5 Å². The molecule has 39 heavy (non-hydrogen) atoms. The quantitative estimate of drug-likeness (QED) is 0.397. The number of hydrogen-bond acceptors (Lipinski definition) is 6. The van der Waals surface area contributed by atoms with Gasteiger partial charge in [-0.05, 0) is 50.8 Å². The molecule has 1 aliphatic rings. The Kier molecular flexibility index (Phi) is 10.6. The third-order valence-electron chi connectivity index (χ3n) is 6.79. The number of carbonyl (C=O) groups is 2. The lowest BCUT2D eigenvalue weighted by Crippen LogP contribution is -2.50. The molecule has 3 rings (SSSR count). The summed E-state index contributed by atoms with van der Waals surface area (Å²) in [6.45, 7) is 9.06. The van der Waals surface area contributed by atoms with Crippen molar-refractivity contribution in [2.75, 3.05) is 30.3 Å². The Balaban J connectivity index is 1.77. The van der Waals surface area contributed by atoms with Crippen molar-refractivity contribution in [3.63, 3.8) is 0 Å². The van der Waals surface area contributed by atoms with Gasteiger partial charge in [-0.1, -0.05) is 43.7 Å². The molecule has 1 N–H and O–H groups in total. The molecule has 10 heteroatoms. The summed E-state index contributed by atoms with van der Waals surface area (Å²) < 4.78 is 37.8. The van der Waals surface area contributed by atoms with Gasteiger partial charge in [-0.15, -0.1) is 0 Å². The average molecular weight is 560 g/mol. The summed E-state index contributed by atoms with van der Waals surface area (Å²) in [6.07, 6.45) is 2.77. The van der Waals surface area contributed by atoms with Crippen LogP contribution in [0.3, 0.4) is 0 Å². The van der Waals surface area contributed by atoms with Crippen molar-refractivity contribution in [2.24, 2.45) is 0 Å². The van der Waals surface area contributed by atoms with Crippen LogP contribution in [0, 0.1) is 6.92 Å². The van der Waals surface area contributed by atoms with Crippen LogP contribution >= 0.6 is 0 Å². The molecule has 0 fully saturated rings. The molecule has 0 spiro atoms. The van der Waals surface area contributed by atoms with Gasteiger partial charge >= 0.3 is 0 Å². The van der Waals surface area contributed by atoms with Gasteiger partial charge in [0.15, 0.2) is 11.5 Å². The molecular formula is C29H41N3O6S. The normalized spacial score (nSPS) is 14.3. The first-order valence-electron chi connectivity index (χ1n) is 13.6. The Labute approximate surface area is 232 Å². The SMILES string of the molecule is CC[C@H](C(=O)N[C@@H](C)CC)N(Cc1cccc(C)c1)C(=O)CCCN(c1ccc2c(c1)OCCO2)S(C)(=O)=O. The second kappa shape index (κ2) is 13.7. The van der Waals surface area contributed by atoms with Crippen molar-refractivity contribution in [1.29, 1.82) is 0 Å². The van der Waals surface area contributed by atoms with Crippen LogP contribution < -0.4 is 19.1 Å². The third-order valence-corrected chi connectivity index (χ3v) is 7.98. The second-order valence-corrected chi connectivity index (χ2v) is 11.9. The summed E-state index contributed by atoms with van der Waals surface area (Å²) >= 11 is 0. The lowest BCUT2D eigenvalue weighted by molar-refractivity contribution is -0.141. The molecule has 1 heterocycles. The number of fused-ring (bicyclic) bond motifs is 1. The van der Waals surface area contributed by atoms with Crippen molar-refractivity contribution in [1.82, 2.24) is 10.2 Å². The van der Waals surface area contributed by atoms with Crippen LogP contribution in [0.4, 0.5) is 5.69 Å². The minimum Gasteiger partial charge on any atom is -0.486 e. The van der Waals surface area contributed by atoms with Gasteiger partial charge in [-0.25, -0.2) is 8.42 Å². The van der Waals surface area contributed by atoms with Crippen LogP contribution in [0.1, 0.15) is 57.6 Å². The second-order valence-electron chi connectivity index (χ2n) is 10.0.